The minimum absolute atomic E-state index is 0. The molecule has 1 aromatic rings. The van der Waals surface area contributed by atoms with Gasteiger partial charge in [0.25, 0.3) is 0 Å². The first kappa shape index (κ1) is 9.09. The first-order chi connectivity index (χ1) is 3.29. The Hall–Kier alpha value is 1.09. The Morgan fingerprint density at radius 3 is 2.25 bits per heavy atom. The molecular weight excluding hydrogens is 261 g/mol. The Morgan fingerprint density at radius 2 is 2.12 bits per heavy atom. The Kier molecular flexibility index (Phi) is 4.54. The summed E-state index contributed by atoms with van der Waals surface area (Å²) in [5, 5.41) is 0. The number of hydrogen-bond donors (Lipinski definition) is 0. The minimum Gasteiger partial charge on any atom is -0.116 e. The largest absolute Gasteiger partial charge is 0.116 e. The molecule has 8 heavy (non-hydrogen) atoms. The van der Waals surface area contributed by atoms with Crippen molar-refractivity contribution in [2.75, 3.05) is 0 Å². The molecule has 1 rings (SSSR count). The van der Waals surface area contributed by atoms with Gasteiger partial charge in [-0.25, -0.2) is 0 Å². The predicted octanol–water partition coefficient (Wildman–Crippen LogP) is 3.16. The van der Waals surface area contributed by atoms with Gasteiger partial charge in [0.1, 0.15) is 0 Å². The van der Waals surface area contributed by atoms with Gasteiger partial charge in [-0.2, -0.15) is 0 Å². The third kappa shape index (κ3) is 2.59. The summed E-state index contributed by atoms with van der Waals surface area (Å²) in [5.41, 5.74) is 0. The van der Waals surface area contributed by atoms with Crippen molar-refractivity contribution in [3.8, 4) is 0 Å². The Morgan fingerprint density at radius 1 is 1.50 bits per heavy atom. The normalized spacial score (nSPS) is 8.25. The summed E-state index contributed by atoms with van der Waals surface area (Å²) in [6, 6.07) is 3.78. The van der Waals surface area contributed by atoms with Crippen LogP contribution in [0.15, 0.2) is 15.9 Å². The van der Waals surface area contributed by atoms with Crippen molar-refractivity contribution < 1.29 is 19.5 Å². The second-order valence-corrected chi connectivity index (χ2v) is 4.14. The van der Waals surface area contributed by atoms with E-state index < -0.39 is 0 Å². The predicted molar refractivity (Wildman–Crippen MR) is 37.0 cm³/mol. The van der Waals surface area contributed by atoms with Crippen molar-refractivity contribution in [1.82, 2.24) is 0 Å². The fourth-order valence-corrected chi connectivity index (χ4v) is 2.00. The van der Waals surface area contributed by atoms with E-state index in [-0.39, 0.29) is 19.5 Å². The molecule has 0 nitrogen and oxygen atoms in total. The molecule has 0 radical (unpaired) electrons. The van der Waals surface area contributed by atoms with Crippen molar-refractivity contribution in [1.29, 1.82) is 0 Å². The summed E-state index contributed by atoms with van der Waals surface area (Å²) >= 11 is 10.3. The van der Waals surface area contributed by atoms with Crippen LogP contribution in [-0.2, 0) is 19.5 Å². The molecule has 0 saturated heterocycles. The van der Waals surface area contributed by atoms with E-state index in [9.17, 15) is 0 Å². The Bertz CT molecular complexity index is 148. The Labute approximate surface area is 78.1 Å². The SMILES string of the molecule is Clc1ccc(Br)s1.[Zn]. The smallest absolute Gasteiger partial charge is 0.0940 e. The molecule has 0 N–H and O–H groups in total. The fraction of sp³-hybridized carbons (Fsp3) is 0. The van der Waals surface area contributed by atoms with Gasteiger partial charge in [0.05, 0.1) is 8.12 Å². The van der Waals surface area contributed by atoms with Gasteiger partial charge in [-0.05, 0) is 28.1 Å². The number of halogens is 2. The van der Waals surface area contributed by atoms with Crippen LogP contribution in [0.5, 0.6) is 0 Å². The molecule has 0 atom stereocenters. The van der Waals surface area contributed by atoms with Gasteiger partial charge in [-0.1, -0.05) is 11.6 Å². The minimum atomic E-state index is 0. The fourth-order valence-electron chi connectivity index (χ4n) is 0.292. The molecule has 0 unspecified atom stereocenters. The topological polar surface area (TPSA) is 0 Å². The average Bonchev–Trinajstić information content (AvgIpc) is 1.87. The maximum atomic E-state index is 5.55. The zero-order valence-corrected chi connectivity index (χ0v) is 10.2. The van der Waals surface area contributed by atoms with Crippen LogP contribution in [0.1, 0.15) is 0 Å². The second kappa shape index (κ2) is 4.00. The molecular formula is C4H2BrClSZn. The molecule has 0 saturated carbocycles. The summed E-state index contributed by atoms with van der Waals surface area (Å²) in [7, 11) is 0. The second-order valence-electron chi connectivity index (χ2n) is 1.04. The first-order valence-corrected chi connectivity index (χ1v) is 3.68. The van der Waals surface area contributed by atoms with Crippen LogP contribution in [0.25, 0.3) is 0 Å². The van der Waals surface area contributed by atoms with E-state index in [0.717, 1.165) is 8.12 Å². The van der Waals surface area contributed by atoms with Crippen molar-refractivity contribution >= 4 is 38.9 Å². The zero-order valence-electron chi connectivity index (χ0n) is 4.03. The monoisotopic (exact) mass is 260 g/mol. The quantitative estimate of drug-likeness (QED) is 0.630. The summed E-state index contributed by atoms with van der Waals surface area (Å²) in [6.07, 6.45) is 0. The molecule has 0 amide bonds. The maximum absolute atomic E-state index is 5.55. The van der Waals surface area contributed by atoms with E-state index in [0.29, 0.717) is 0 Å². The standard InChI is InChI=1S/C4H2BrClS.Zn/c5-3-1-2-4(6)7-3;/h1-2H;. The molecule has 0 spiro atoms. The summed E-state index contributed by atoms with van der Waals surface area (Å²) in [4.78, 5) is 0. The number of hydrogen-bond acceptors (Lipinski definition) is 1. The van der Waals surface area contributed by atoms with Crippen LogP contribution in [0.2, 0.25) is 4.34 Å². The molecule has 4 heteroatoms. The van der Waals surface area contributed by atoms with Crippen LogP contribution < -0.4 is 0 Å². The van der Waals surface area contributed by atoms with Gasteiger partial charge in [0.2, 0.25) is 0 Å². The van der Waals surface area contributed by atoms with E-state index in [1.165, 1.54) is 11.3 Å². The number of rotatable bonds is 0. The zero-order chi connectivity index (χ0) is 5.28. The summed E-state index contributed by atoms with van der Waals surface area (Å²) < 4.78 is 1.91. The van der Waals surface area contributed by atoms with Crippen LogP contribution in [0.3, 0.4) is 0 Å². The summed E-state index contributed by atoms with van der Waals surface area (Å²) in [6.45, 7) is 0. The van der Waals surface area contributed by atoms with E-state index in [4.69, 9.17) is 11.6 Å². The molecule has 0 aliphatic heterocycles. The van der Waals surface area contributed by atoms with Gasteiger partial charge in [0.15, 0.2) is 0 Å². The van der Waals surface area contributed by atoms with E-state index in [1.54, 1.807) is 0 Å². The van der Waals surface area contributed by atoms with E-state index >= 15 is 0 Å². The number of thiophene rings is 1. The van der Waals surface area contributed by atoms with E-state index in [1.807, 2.05) is 12.1 Å². The average molecular weight is 263 g/mol. The van der Waals surface area contributed by atoms with Gasteiger partial charge in [-0.15, -0.1) is 11.3 Å². The van der Waals surface area contributed by atoms with Gasteiger partial charge < -0.3 is 0 Å². The third-order valence-electron chi connectivity index (χ3n) is 0.540. The van der Waals surface area contributed by atoms with Crippen molar-refractivity contribution in [2.24, 2.45) is 0 Å². The molecule has 1 aromatic heterocycles. The molecule has 0 aromatic carbocycles. The molecule has 0 bridgehead atoms. The van der Waals surface area contributed by atoms with E-state index in [2.05, 4.69) is 15.9 Å². The van der Waals surface area contributed by atoms with Crippen molar-refractivity contribution in [3.05, 3.63) is 20.3 Å². The van der Waals surface area contributed by atoms with Crippen LogP contribution in [0, 0.1) is 0 Å². The van der Waals surface area contributed by atoms with Crippen molar-refractivity contribution in [2.45, 2.75) is 0 Å². The van der Waals surface area contributed by atoms with Gasteiger partial charge in [-0.3, -0.25) is 0 Å². The molecule has 0 aliphatic carbocycles. The van der Waals surface area contributed by atoms with Crippen LogP contribution in [-0.4, -0.2) is 0 Å². The molecule has 0 fully saturated rings. The van der Waals surface area contributed by atoms with Gasteiger partial charge in [0, 0.05) is 19.5 Å². The summed E-state index contributed by atoms with van der Waals surface area (Å²) in [5.74, 6) is 0. The van der Waals surface area contributed by atoms with Crippen molar-refractivity contribution in [3.63, 3.8) is 0 Å². The Balaban J connectivity index is 0.000000490. The van der Waals surface area contributed by atoms with Gasteiger partial charge >= 0.3 is 0 Å². The van der Waals surface area contributed by atoms with Crippen LogP contribution >= 0.6 is 38.9 Å². The third-order valence-corrected chi connectivity index (χ3v) is 2.31. The van der Waals surface area contributed by atoms with Crippen LogP contribution in [0.4, 0.5) is 0 Å². The first-order valence-electron chi connectivity index (χ1n) is 1.70. The molecule has 40 valence electrons. The molecule has 0 aliphatic rings. The maximum Gasteiger partial charge on any atom is 0.0940 e. The molecule has 1 heterocycles.